The van der Waals surface area contributed by atoms with Gasteiger partial charge in [-0.25, -0.2) is 14.4 Å². The first-order valence-electron chi connectivity index (χ1n) is 11.0. The van der Waals surface area contributed by atoms with Crippen LogP contribution in [0, 0.1) is 0 Å². The minimum atomic E-state index is -2.21. The fourth-order valence-corrected chi connectivity index (χ4v) is 3.30. The lowest BCUT2D eigenvalue weighted by atomic mass is 9.77. The molecule has 1 aliphatic carbocycles. The fourth-order valence-electron chi connectivity index (χ4n) is 3.30. The summed E-state index contributed by atoms with van der Waals surface area (Å²) >= 11 is 0. The molecule has 196 valence electrons. The maximum absolute atomic E-state index is 12.7. The minimum absolute atomic E-state index is 0.0569. The highest BCUT2D eigenvalue weighted by molar-refractivity contribution is 5.89. The molecule has 1 aliphatic rings. The zero-order chi connectivity index (χ0) is 26.4. The molecule has 0 aromatic heterocycles. The van der Waals surface area contributed by atoms with Crippen LogP contribution in [0.15, 0.2) is 25.3 Å². The van der Waals surface area contributed by atoms with Crippen LogP contribution in [0.5, 0.6) is 0 Å². The zero-order valence-electron chi connectivity index (χ0n) is 19.6. The van der Waals surface area contributed by atoms with Crippen molar-refractivity contribution in [2.75, 3.05) is 26.2 Å². The van der Waals surface area contributed by atoms with Gasteiger partial charge in [-0.15, -0.1) is 13.2 Å². The smallest absolute Gasteiger partial charge is 0.407 e. The highest BCUT2D eigenvalue weighted by Crippen LogP contribution is 2.33. The molecule has 6 amide bonds. The van der Waals surface area contributed by atoms with Gasteiger partial charge >= 0.3 is 18.2 Å². The van der Waals surface area contributed by atoms with Gasteiger partial charge in [0.1, 0.15) is 11.7 Å². The first kappa shape index (κ1) is 29.2. The second-order valence-corrected chi connectivity index (χ2v) is 7.75. The third-order valence-electron chi connectivity index (χ3n) is 4.84. The van der Waals surface area contributed by atoms with Crippen LogP contribution >= 0.6 is 0 Å². The Balaban J connectivity index is 3.27. The number of primary amides is 1. The molecule has 0 aliphatic heterocycles. The molecule has 35 heavy (non-hydrogen) atoms. The van der Waals surface area contributed by atoms with Gasteiger partial charge in [-0.3, -0.25) is 9.59 Å². The molecule has 14 heteroatoms. The normalized spacial score (nSPS) is 23.1. The molecule has 0 aromatic carbocycles. The number of amides is 6. The summed E-state index contributed by atoms with van der Waals surface area (Å²) in [4.78, 5) is 60.7. The van der Waals surface area contributed by atoms with Crippen LogP contribution in [0.3, 0.4) is 0 Å². The van der Waals surface area contributed by atoms with Crippen LogP contribution in [0.4, 0.5) is 14.4 Å². The van der Waals surface area contributed by atoms with Gasteiger partial charge in [0.15, 0.2) is 6.10 Å². The molecule has 0 radical (unpaired) electrons. The predicted octanol–water partition coefficient (Wildman–Crippen LogP) is -1.25. The number of carbonyl (C=O) groups excluding carboxylic acids is 5. The molecule has 14 nitrogen and oxygen atoms in total. The molecule has 0 bridgehead atoms. The highest BCUT2D eigenvalue weighted by atomic mass is 16.6. The van der Waals surface area contributed by atoms with E-state index in [0.29, 0.717) is 13.0 Å². The summed E-state index contributed by atoms with van der Waals surface area (Å²) in [6.07, 6.45) is -1.99. The number of hydrogen-bond acceptors (Lipinski definition) is 8. The summed E-state index contributed by atoms with van der Waals surface area (Å²) in [5, 5.41) is 23.2. The Hall–Kier alpha value is -3.81. The number of ether oxygens (including phenoxy) is 2. The van der Waals surface area contributed by atoms with E-state index in [9.17, 15) is 29.1 Å². The van der Waals surface area contributed by atoms with Crippen molar-refractivity contribution in [3.63, 3.8) is 0 Å². The lowest BCUT2D eigenvalue weighted by Crippen LogP contribution is -2.65. The van der Waals surface area contributed by atoms with Crippen LogP contribution in [0.1, 0.15) is 26.2 Å². The van der Waals surface area contributed by atoms with E-state index in [0.717, 1.165) is 0 Å². The standard InChI is InChI=1S/C21H34N6O8/c1-4-7-23-18(30)27-13-10-21(33,17(29)26-12-15(22)28)11-14(34-19(31)24-8-5-2)16(13)35-20(32)25-9-6-3/h5-6,13-14,16,33H,2-4,7-12H2,1H3,(H2,22,28)(H,24,31)(H,25,32)(H,26,29)(H2,23,27,30)/t13-,14+,16+,21-/m0/s1. The lowest BCUT2D eigenvalue weighted by molar-refractivity contribution is -0.158. The largest absolute Gasteiger partial charge is 0.442 e. The molecule has 4 atom stereocenters. The van der Waals surface area contributed by atoms with E-state index in [4.69, 9.17) is 15.2 Å². The number of urea groups is 1. The molecule has 8 N–H and O–H groups in total. The van der Waals surface area contributed by atoms with Crippen molar-refractivity contribution in [3.8, 4) is 0 Å². The topological polar surface area (TPSA) is 210 Å². The number of nitrogens with one attached hydrogen (secondary N) is 5. The first-order chi connectivity index (χ1) is 16.6. The van der Waals surface area contributed by atoms with Gasteiger partial charge in [0.25, 0.3) is 5.91 Å². The molecular weight excluding hydrogens is 464 g/mol. The summed E-state index contributed by atoms with van der Waals surface area (Å²) in [7, 11) is 0. The second-order valence-electron chi connectivity index (χ2n) is 7.75. The molecular formula is C21H34N6O8. The van der Waals surface area contributed by atoms with Gasteiger partial charge < -0.3 is 46.9 Å². The summed E-state index contributed by atoms with van der Waals surface area (Å²) in [6, 6.07) is -1.83. The number of rotatable bonds is 12. The third kappa shape index (κ3) is 9.92. The van der Waals surface area contributed by atoms with E-state index in [2.05, 4.69) is 39.7 Å². The van der Waals surface area contributed by atoms with Crippen molar-refractivity contribution in [2.45, 2.75) is 50.0 Å². The Morgan fingerprint density at radius 1 is 1.00 bits per heavy atom. The predicted molar refractivity (Wildman–Crippen MR) is 124 cm³/mol. The van der Waals surface area contributed by atoms with Crippen molar-refractivity contribution in [1.29, 1.82) is 0 Å². The second kappa shape index (κ2) is 14.5. The molecule has 0 aromatic rings. The van der Waals surface area contributed by atoms with Crippen molar-refractivity contribution in [3.05, 3.63) is 25.3 Å². The lowest BCUT2D eigenvalue weighted by Gasteiger charge is -2.43. The van der Waals surface area contributed by atoms with Gasteiger partial charge in [-0.1, -0.05) is 19.1 Å². The van der Waals surface area contributed by atoms with E-state index in [1.807, 2.05) is 6.92 Å². The maximum atomic E-state index is 12.7. The van der Waals surface area contributed by atoms with E-state index >= 15 is 0 Å². The number of alkyl carbamates (subject to hydrolysis) is 2. The quantitative estimate of drug-likeness (QED) is 0.161. The minimum Gasteiger partial charge on any atom is -0.442 e. The Labute approximate surface area is 203 Å². The Bertz CT molecular complexity index is 807. The first-order valence-corrected chi connectivity index (χ1v) is 11.0. The number of nitrogens with two attached hydrogens (primary N) is 1. The van der Waals surface area contributed by atoms with E-state index in [-0.39, 0.29) is 13.1 Å². The Morgan fingerprint density at radius 3 is 2.14 bits per heavy atom. The van der Waals surface area contributed by atoms with Crippen molar-refractivity contribution < 1.29 is 38.6 Å². The van der Waals surface area contributed by atoms with Crippen molar-refractivity contribution in [2.24, 2.45) is 5.73 Å². The van der Waals surface area contributed by atoms with E-state index in [1.165, 1.54) is 12.2 Å². The number of hydrogen-bond donors (Lipinski definition) is 7. The zero-order valence-corrected chi connectivity index (χ0v) is 19.6. The Kier molecular flexibility index (Phi) is 12.1. The van der Waals surface area contributed by atoms with Gasteiger partial charge in [0.2, 0.25) is 5.91 Å². The van der Waals surface area contributed by atoms with Crippen molar-refractivity contribution in [1.82, 2.24) is 26.6 Å². The van der Waals surface area contributed by atoms with Gasteiger partial charge in [0, 0.05) is 32.5 Å². The van der Waals surface area contributed by atoms with E-state index < -0.39 is 73.3 Å². The van der Waals surface area contributed by atoms with Crippen LogP contribution < -0.4 is 32.3 Å². The van der Waals surface area contributed by atoms with Gasteiger partial charge in [-0.2, -0.15) is 0 Å². The monoisotopic (exact) mass is 498 g/mol. The van der Waals surface area contributed by atoms with Gasteiger partial charge in [0.05, 0.1) is 12.6 Å². The summed E-state index contributed by atoms with van der Waals surface area (Å²) in [5.74, 6) is -1.82. The van der Waals surface area contributed by atoms with Crippen LogP contribution in [0.2, 0.25) is 0 Å². The van der Waals surface area contributed by atoms with Crippen LogP contribution in [-0.4, -0.2) is 85.2 Å². The van der Waals surface area contributed by atoms with Crippen LogP contribution in [0.25, 0.3) is 0 Å². The molecule has 1 saturated carbocycles. The van der Waals surface area contributed by atoms with Crippen LogP contribution in [-0.2, 0) is 19.1 Å². The Morgan fingerprint density at radius 2 is 1.60 bits per heavy atom. The van der Waals surface area contributed by atoms with E-state index in [1.54, 1.807) is 0 Å². The summed E-state index contributed by atoms with van der Waals surface area (Å²) in [5.41, 5.74) is 2.84. The highest BCUT2D eigenvalue weighted by Gasteiger charge is 2.53. The molecule has 0 saturated heterocycles. The average molecular weight is 499 g/mol. The van der Waals surface area contributed by atoms with Gasteiger partial charge in [-0.05, 0) is 6.42 Å². The fraction of sp³-hybridized carbons (Fsp3) is 0.571. The third-order valence-corrected chi connectivity index (χ3v) is 4.84. The number of carbonyl (C=O) groups is 5. The molecule has 0 heterocycles. The summed E-state index contributed by atoms with van der Waals surface area (Å²) in [6.45, 7) is 8.70. The SMILES string of the molecule is C=CCNC(=O)O[C@@H]1[C@@H](NC(=O)NCCC)C[C@@](O)(C(=O)NCC(N)=O)C[C@H]1OC(=O)NCC=C. The molecule has 0 unspecified atom stereocenters. The molecule has 0 spiro atoms. The number of aliphatic hydroxyl groups is 1. The molecule has 1 rings (SSSR count). The molecule has 1 fully saturated rings. The average Bonchev–Trinajstić information content (AvgIpc) is 2.80. The van der Waals surface area contributed by atoms with Crippen molar-refractivity contribution >= 4 is 30.0 Å². The maximum Gasteiger partial charge on any atom is 0.407 e. The summed E-state index contributed by atoms with van der Waals surface area (Å²) < 4.78 is 10.8.